The van der Waals surface area contributed by atoms with Crippen LogP contribution in [0.2, 0.25) is 0 Å². The molecule has 0 amide bonds. The van der Waals surface area contributed by atoms with E-state index in [0.29, 0.717) is 5.92 Å². The Morgan fingerprint density at radius 3 is 2.70 bits per heavy atom. The van der Waals surface area contributed by atoms with Crippen molar-refractivity contribution < 1.29 is 17.9 Å². The number of sulfonamides is 1. The highest BCUT2D eigenvalue weighted by atomic mass is 32.2. The normalized spacial score (nSPS) is 14.8. The number of thiazole rings is 1. The fourth-order valence-corrected chi connectivity index (χ4v) is 4.20. The summed E-state index contributed by atoms with van der Waals surface area (Å²) >= 11 is 0.904. The van der Waals surface area contributed by atoms with Gasteiger partial charge in [0.05, 0.1) is 12.6 Å². The molecule has 1 N–H and O–H groups in total. The van der Waals surface area contributed by atoms with Crippen LogP contribution < -0.4 is 4.72 Å². The zero-order chi connectivity index (χ0) is 15.3. The fraction of sp³-hybridized carbons (Fsp3) is 0.667. The molecule has 0 bridgehead atoms. The number of nitrogens with zero attached hydrogens (tertiary/aromatic N) is 1. The SMILES string of the molecule is CCC(C)CC(C)NS(=O)(=O)c1scnc1C(=O)OC. The van der Waals surface area contributed by atoms with Crippen molar-refractivity contribution >= 4 is 27.3 Å². The van der Waals surface area contributed by atoms with E-state index in [2.05, 4.69) is 28.3 Å². The van der Waals surface area contributed by atoms with E-state index < -0.39 is 16.0 Å². The maximum atomic E-state index is 12.3. The number of aromatic nitrogens is 1. The van der Waals surface area contributed by atoms with Crippen LogP contribution in [0.3, 0.4) is 0 Å². The minimum Gasteiger partial charge on any atom is -0.464 e. The zero-order valence-corrected chi connectivity index (χ0v) is 13.7. The second kappa shape index (κ2) is 7.14. The van der Waals surface area contributed by atoms with Gasteiger partial charge in [-0.1, -0.05) is 20.3 Å². The second-order valence-corrected chi connectivity index (χ2v) is 7.52. The summed E-state index contributed by atoms with van der Waals surface area (Å²) in [4.78, 5) is 15.2. The quantitative estimate of drug-likeness (QED) is 0.777. The van der Waals surface area contributed by atoms with E-state index in [1.165, 1.54) is 12.6 Å². The van der Waals surface area contributed by atoms with Gasteiger partial charge in [-0.25, -0.2) is 22.9 Å². The Labute approximate surface area is 123 Å². The first-order valence-corrected chi connectivity index (χ1v) is 8.72. The summed E-state index contributed by atoms with van der Waals surface area (Å²) in [7, 11) is -2.56. The van der Waals surface area contributed by atoms with E-state index in [4.69, 9.17) is 0 Å². The summed E-state index contributed by atoms with van der Waals surface area (Å²) in [6.45, 7) is 5.93. The van der Waals surface area contributed by atoms with E-state index in [1.807, 2.05) is 6.92 Å². The summed E-state index contributed by atoms with van der Waals surface area (Å²) in [5.74, 6) is -0.324. The molecule has 0 radical (unpaired) electrons. The largest absolute Gasteiger partial charge is 0.464 e. The van der Waals surface area contributed by atoms with Crippen molar-refractivity contribution in [1.29, 1.82) is 0 Å². The van der Waals surface area contributed by atoms with Gasteiger partial charge in [0.15, 0.2) is 9.90 Å². The molecule has 2 unspecified atom stereocenters. The van der Waals surface area contributed by atoms with E-state index in [-0.39, 0.29) is 15.9 Å². The molecule has 0 spiro atoms. The fourth-order valence-electron chi connectivity index (χ4n) is 1.80. The van der Waals surface area contributed by atoms with Crippen LogP contribution in [0.1, 0.15) is 44.1 Å². The molecule has 20 heavy (non-hydrogen) atoms. The molecule has 0 aliphatic heterocycles. The standard InChI is InChI=1S/C12H20N2O4S2/c1-5-8(2)6-9(3)14-20(16,17)12-10(11(15)18-4)13-7-19-12/h7-9,14H,5-6H2,1-4H3. The van der Waals surface area contributed by atoms with Crippen molar-refractivity contribution in [1.82, 2.24) is 9.71 Å². The average Bonchev–Trinajstić information content (AvgIpc) is 2.86. The van der Waals surface area contributed by atoms with Crippen LogP contribution in [0.25, 0.3) is 0 Å². The molecule has 1 rings (SSSR count). The first-order valence-electron chi connectivity index (χ1n) is 6.35. The monoisotopic (exact) mass is 320 g/mol. The zero-order valence-electron chi connectivity index (χ0n) is 12.0. The summed E-state index contributed by atoms with van der Waals surface area (Å²) in [6.07, 6.45) is 1.72. The van der Waals surface area contributed by atoms with Crippen LogP contribution in [0.5, 0.6) is 0 Å². The Hall–Kier alpha value is -0.990. The van der Waals surface area contributed by atoms with Gasteiger partial charge in [0.25, 0.3) is 10.0 Å². The lowest BCUT2D eigenvalue weighted by molar-refractivity contribution is 0.0590. The van der Waals surface area contributed by atoms with Crippen LogP contribution in [-0.2, 0) is 14.8 Å². The van der Waals surface area contributed by atoms with Gasteiger partial charge in [-0.3, -0.25) is 0 Å². The Balaban J connectivity index is 2.89. The van der Waals surface area contributed by atoms with Crippen molar-refractivity contribution in [3.63, 3.8) is 0 Å². The van der Waals surface area contributed by atoms with E-state index in [9.17, 15) is 13.2 Å². The molecular weight excluding hydrogens is 300 g/mol. The third-order valence-electron chi connectivity index (χ3n) is 2.97. The minimum absolute atomic E-state index is 0.0969. The predicted molar refractivity (Wildman–Crippen MR) is 77.3 cm³/mol. The molecule has 1 heterocycles. The van der Waals surface area contributed by atoms with Crippen LogP contribution in [0.15, 0.2) is 9.72 Å². The van der Waals surface area contributed by atoms with Crippen molar-refractivity contribution in [3.05, 3.63) is 11.2 Å². The first kappa shape index (κ1) is 17.1. The molecule has 6 nitrogen and oxygen atoms in total. The lowest BCUT2D eigenvalue weighted by atomic mass is 10.0. The van der Waals surface area contributed by atoms with Gasteiger partial charge in [-0.2, -0.15) is 0 Å². The first-order chi connectivity index (χ1) is 9.31. The number of nitrogens with one attached hydrogen (secondary N) is 1. The van der Waals surface area contributed by atoms with Crippen LogP contribution in [-0.4, -0.2) is 32.5 Å². The smallest absolute Gasteiger partial charge is 0.358 e. The van der Waals surface area contributed by atoms with Crippen LogP contribution in [0.4, 0.5) is 0 Å². The third-order valence-corrected chi connectivity index (χ3v) is 5.93. The average molecular weight is 320 g/mol. The van der Waals surface area contributed by atoms with E-state index >= 15 is 0 Å². The van der Waals surface area contributed by atoms with Crippen molar-refractivity contribution in [2.75, 3.05) is 7.11 Å². The topological polar surface area (TPSA) is 85.4 Å². The Kier molecular flexibility index (Phi) is 6.09. The number of rotatable bonds is 7. The number of methoxy groups -OCH3 is 1. The maximum absolute atomic E-state index is 12.3. The van der Waals surface area contributed by atoms with E-state index in [1.54, 1.807) is 0 Å². The molecule has 2 atom stereocenters. The van der Waals surface area contributed by atoms with Gasteiger partial charge in [0.1, 0.15) is 0 Å². The number of esters is 1. The van der Waals surface area contributed by atoms with Gasteiger partial charge in [-0.15, -0.1) is 11.3 Å². The lowest BCUT2D eigenvalue weighted by Gasteiger charge is -2.17. The molecule has 114 valence electrons. The van der Waals surface area contributed by atoms with Crippen LogP contribution >= 0.6 is 11.3 Å². The van der Waals surface area contributed by atoms with Gasteiger partial charge in [0, 0.05) is 6.04 Å². The number of hydrogen-bond acceptors (Lipinski definition) is 6. The molecule has 1 aromatic rings. The maximum Gasteiger partial charge on any atom is 0.358 e. The Morgan fingerprint density at radius 2 is 2.15 bits per heavy atom. The molecule has 0 saturated carbocycles. The summed E-state index contributed by atoms with van der Waals surface area (Å²) in [6, 6.07) is -0.206. The number of hydrogen-bond donors (Lipinski definition) is 1. The summed E-state index contributed by atoms with van der Waals surface area (Å²) in [5.41, 5.74) is 1.15. The molecule has 0 aliphatic rings. The van der Waals surface area contributed by atoms with Crippen molar-refractivity contribution in [2.45, 2.75) is 43.9 Å². The molecule has 0 saturated heterocycles. The molecular formula is C12H20N2O4S2. The lowest BCUT2D eigenvalue weighted by Crippen LogP contribution is -2.34. The van der Waals surface area contributed by atoms with Gasteiger partial charge in [-0.05, 0) is 19.3 Å². The van der Waals surface area contributed by atoms with Crippen molar-refractivity contribution in [3.8, 4) is 0 Å². The highest BCUT2D eigenvalue weighted by Gasteiger charge is 2.27. The number of carbonyl (C=O) groups excluding carboxylic acids is 1. The highest BCUT2D eigenvalue weighted by Crippen LogP contribution is 2.21. The third kappa shape index (κ3) is 4.26. The summed E-state index contributed by atoms with van der Waals surface area (Å²) in [5, 5.41) is 0. The molecule has 8 heteroatoms. The van der Waals surface area contributed by atoms with Crippen molar-refractivity contribution in [2.24, 2.45) is 5.92 Å². The van der Waals surface area contributed by atoms with Gasteiger partial charge in [0.2, 0.25) is 0 Å². The Bertz CT molecular complexity index is 554. The summed E-state index contributed by atoms with van der Waals surface area (Å²) < 4.78 is 31.5. The highest BCUT2D eigenvalue weighted by molar-refractivity contribution is 7.91. The Morgan fingerprint density at radius 1 is 1.50 bits per heavy atom. The predicted octanol–water partition coefficient (Wildman–Crippen LogP) is 2.03. The van der Waals surface area contributed by atoms with E-state index in [0.717, 1.165) is 24.2 Å². The minimum atomic E-state index is -3.75. The molecule has 1 aromatic heterocycles. The van der Waals surface area contributed by atoms with Crippen LogP contribution in [0, 0.1) is 5.92 Å². The molecule has 0 fully saturated rings. The number of carbonyl (C=O) groups is 1. The second-order valence-electron chi connectivity index (χ2n) is 4.75. The number of ether oxygens (including phenoxy) is 1. The molecule has 0 aliphatic carbocycles. The molecule has 0 aromatic carbocycles. The van der Waals surface area contributed by atoms with Gasteiger partial charge < -0.3 is 4.74 Å². The van der Waals surface area contributed by atoms with Gasteiger partial charge >= 0.3 is 5.97 Å².